The third-order valence-electron chi connectivity index (χ3n) is 4.17. The summed E-state index contributed by atoms with van der Waals surface area (Å²) in [4.78, 5) is 4.56. The van der Waals surface area contributed by atoms with Crippen molar-refractivity contribution in [3.8, 4) is 11.5 Å². The normalized spacial score (nSPS) is 12.0. The first-order chi connectivity index (χ1) is 11.6. The molecule has 0 fully saturated rings. The van der Waals surface area contributed by atoms with Crippen LogP contribution in [-0.4, -0.2) is 26.2 Å². The van der Waals surface area contributed by atoms with Crippen molar-refractivity contribution in [3.63, 3.8) is 0 Å². The predicted molar refractivity (Wildman–Crippen MR) is 107 cm³/mol. The van der Waals surface area contributed by atoms with Gasteiger partial charge in [0.05, 0.1) is 11.0 Å². The van der Waals surface area contributed by atoms with Gasteiger partial charge in [0, 0.05) is 18.4 Å². The molecule has 0 aliphatic rings. The Morgan fingerprint density at radius 2 is 1.92 bits per heavy atom. The summed E-state index contributed by atoms with van der Waals surface area (Å²) >= 11 is 1.88. The Labute approximate surface area is 158 Å². The molecule has 3 rings (SSSR count). The van der Waals surface area contributed by atoms with Crippen molar-refractivity contribution < 1.29 is 9.84 Å². The molecular formula is C19H23ClN2O2S. The predicted octanol–water partition coefficient (Wildman–Crippen LogP) is 4.57. The minimum atomic E-state index is 0. The van der Waals surface area contributed by atoms with Crippen LogP contribution in [0.3, 0.4) is 0 Å². The maximum absolute atomic E-state index is 9.60. The van der Waals surface area contributed by atoms with Crippen molar-refractivity contribution in [2.45, 2.75) is 25.2 Å². The first kappa shape index (κ1) is 19.5. The van der Waals surface area contributed by atoms with E-state index in [9.17, 15) is 5.11 Å². The summed E-state index contributed by atoms with van der Waals surface area (Å²) in [6, 6.07) is 13.4. The number of aromatic hydroxyl groups is 1. The van der Waals surface area contributed by atoms with E-state index in [1.807, 2.05) is 41.6 Å². The number of fused-ring (bicyclic) bond motifs is 1. The maximum atomic E-state index is 9.60. The Balaban J connectivity index is 0.00000225. The van der Waals surface area contributed by atoms with Gasteiger partial charge in [-0.05, 0) is 42.5 Å². The topological polar surface area (TPSA) is 47.3 Å². The van der Waals surface area contributed by atoms with Gasteiger partial charge in [0.2, 0.25) is 0 Å². The number of thioether (sulfide) groups is 1. The molecule has 0 aliphatic heterocycles. The van der Waals surface area contributed by atoms with E-state index in [4.69, 9.17) is 4.74 Å². The van der Waals surface area contributed by atoms with E-state index in [-0.39, 0.29) is 18.2 Å². The summed E-state index contributed by atoms with van der Waals surface area (Å²) in [7, 11) is 1.93. The molecule has 0 spiro atoms. The van der Waals surface area contributed by atoms with Gasteiger partial charge in [-0.15, -0.1) is 12.4 Å². The zero-order valence-electron chi connectivity index (χ0n) is 14.6. The lowest BCUT2D eigenvalue weighted by atomic mass is 10.1. The number of ether oxygens (including phenoxy) is 1. The lowest BCUT2D eigenvalue weighted by Crippen LogP contribution is -2.04. The van der Waals surface area contributed by atoms with Gasteiger partial charge < -0.3 is 14.4 Å². The molecule has 25 heavy (non-hydrogen) atoms. The van der Waals surface area contributed by atoms with Crippen LogP contribution >= 0.6 is 24.2 Å². The van der Waals surface area contributed by atoms with Gasteiger partial charge in [-0.2, -0.15) is 11.8 Å². The van der Waals surface area contributed by atoms with Gasteiger partial charge in [0.15, 0.2) is 0 Å². The van der Waals surface area contributed by atoms with Crippen LogP contribution in [0.2, 0.25) is 0 Å². The summed E-state index contributed by atoms with van der Waals surface area (Å²) < 4.78 is 7.82. The summed E-state index contributed by atoms with van der Waals surface area (Å²) in [6.07, 6.45) is 3.20. The summed E-state index contributed by atoms with van der Waals surface area (Å²) in [5.41, 5.74) is 3.08. The van der Waals surface area contributed by atoms with E-state index in [0.717, 1.165) is 29.0 Å². The van der Waals surface area contributed by atoms with Crippen LogP contribution in [-0.2, 0) is 20.1 Å². The largest absolute Gasteiger partial charge is 0.508 e. The minimum absolute atomic E-state index is 0. The van der Waals surface area contributed by atoms with Crippen molar-refractivity contribution >= 4 is 35.2 Å². The number of hydrogen-bond donors (Lipinski definition) is 1. The Morgan fingerprint density at radius 1 is 1.20 bits per heavy atom. The molecule has 0 saturated heterocycles. The van der Waals surface area contributed by atoms with E-state index in [1.165, 1.54) is 5.56 Å². The van der Waals surface area contributed by atoms with Crippen molar-refractivity contribution in [1.29, 1.82) is 0 Å². The second kappa shape index (κ2) is 8.50. The molecule has 2 aromatic carbocycles. The number of rotatable bonds is 6. The van der Waals surface area contributed by atoms with Crippen LogP contribution < -0.4 is 4.74 Å². The fraction of sp³-hybridized carbons (Fsp3) is 0.316. The van der Waals surface area contributed by atoms with Crippen LogP contribution in [0, 0.1) is 0 Å². The zero-order valence-corrected chi connectivity index (χ0v) is 16.2. The Bertz CT molecular complexity index is 833. The molecule has 1 aromatic heterocycles. The number of aryl methyl sites for hydroxylation is 1. The van der Waals surface area contributed by atoms with E-state index in [0.29, 0.717) is 11.9 Å². The van der Waals surface area contributed by atoms with Crippen LogP contribution in [0.15, 0.2) is 42.5 Å². The molecule has 134 valence electrons. The molecule has 1 N–H and O–H groups in total. The van der Waals surface area contributed by atoms with Crippen LogP contribution in [0.1, 0.15) is 18.3 Å². The Hall–Kier alpha value is -1.85. The van der Waals surface area contributed by atoms with Crippen LogP contribution in [0.4, 0.5) is 0 Å². The Kier molecular flexibility index (Phi) is 6.62. The van der Waals surface area contributed by atoms with Crippen molar-refractivity contribution in [2.24, 2.45) is 7.05 Å². The van der Waals surface area contributed by atoms with Crippen LogP contribution in [0.25, 0.3) is 11.0 Å². The third kappa shape index (κ3) is 4.61. The molecule has 0 saturated carbocycles. The first-order valence-corrected chi connectivity index (χ1v) is 9.24. The SMILES string of the molecule is CSC(C)Cc1ccc(OCc2nc3ccc(O)cc3n2C)cc1.Cl. The zero-order chi connectivity index (χ0) is 17.1. The molecule has 3 aromatic rings. The van der Waals surface area contributed by atoms with E-state index >= 15 is 0 Å². The number of aromatic nitrogens is 2. The van der Waals surface area contributed by atoms with E-state index in [1.54, 1.807) is 12.1 Å². The van der Waals surface area contributed by atoms with E-state index < -0.39 is 0 Å². The molecule has 0 radical (unpaired) electrons. The Morgan fingerprint density at radius 3 is 2.60 bits per heavy atom. The fourth-order valence-corrected chi connectivity index (χ4v) is 3.00. The highest BCUT2D eigenvalue weighted by Crippen LogP contribution is 2.22. The van der Waals surface area contributed by atoms with Gasteiger partial charge in [0.1, 0.15) is 23.9 Å². The smallest absolute Gasteiger partial charge is 0.147 e. The third-order valence-corrected chi connectivity index (χ3v) is 5.15. The first-order valence-electron chi connectivity index (χ1n) is 7.95. The molecule has 4 nitrogen and oxygen atoms in total. The highest BCUT2D eigenvalue weighted by Gasteiger charge is 2.09. The fourth-order valence-electron chi connectivity index (χ4n) is 2.64. The summed E-state index contributed by atoms with van der Waals surface area (Å²) in [5.74, 6) is 1.91. The summed E-state index contributed by atoms with van der Waals surface area (Å²) in [6.45, 7) is 2.63. The molecular weight excluding hydrogens is 356 g/mol. The molecule has 1 unspecified atom stereocenters. The molecule has 0 bridgehead atoms. The van der Waals surface area contributed by atoms with Crippen LogP contribution in [0.5, 0.6) is 11.5 Å². The number of nitrogens with zero attached hydrogens (tertiary/aromatic N) is 2. The second-order valence-corrected chi connectivity index (χ2v) is 7.22. The molecule has 0 aliphatic carbocycles. The van der Waals surface area contributed by atoms with Crippen molar-refractivity contribution in [1.82, 2.24) is 9.55 Å². The average Bonchev–Trinajstić information content (AvgIpc) is 2.90. The maximum Gasteiger partial charge on any atom is 0.147 e. The van der Waals surface area contributed by atoms with Gasteiger partial charge in [-0.1, -0.05) is 19.1 Å². The highest BCUT2D eigenvalue weighted by molar-refractivity contribution is 7.99. The van der Waals surface area contributed by atoms with E-state index in [2.05, 4.69) is 30.3 Å². The van der Waals surface area contributed by atoms with Gasteiger partial charge in [0.25, 0.3) is 0 Å². The molecule has 6 heteroatoms. The van der Waals surface area contributed by atoms with Gasteiger partial charge >= 0.3 is 0 Å². The monoisotopic (exact) mass is 378 g/mol. The highest BCUT2D eigenvalue weighted by atomic mass is 35.5. The van der Waals surface area contributed by atoms with Gasteiger partial charge in [-0.3, -0.25) is 0 Å². The number of hydrogen-bond acceptors (Lipinski definition) is 4. The number of benzene rings is 2. The molecule has 1 atom stereocenters. The number of phenols is 1. The number of halogens is 1. The quantitative estimate of drug-likeness (QED) is 0.682. The summed E-state index contributed by atoms with van der Waals surface area (Å²) in [5, 5.41) is 10.2. The lowest BCUT2D eigenvalue weighted by Gasteiger charge is -2.10. The number of phenolic OH excluding ortho intramolecular Hbond substituents is 1. The van der Waals surface area contributed by atoms with Crippen molar-refractivity contribution in [2.75, 3.05) is 6.26 Å². The molecule has 1 heterocycles. The van der Waals surface area contributed by atoms with Gasteiger partial charge in [-0.25, -0.2) is 4.98 Å². The second-order valence-electron chi connectivity index (χ2n) is 5.94. The molecule has 0 amide bonds. The lowest BCUT2D eigenvalue weighted by molar-refractivity contribution is 0.292. The standard InChI is InChI=1S/C19H22N2O2S.ClH/c1-13(24-3)10-14-4-7-16(8-5-14)23-12-19-20-17-9-6-15(22)11-18(17)21(19)2;/h4-9,11,13,22H,10,12H2,1-3H3;1H. The number of imidazole rings is 1. The average molecular weight is 379 g/mol. The van der Waals surface area contributed by atoms with Crippen molar-refractivity contribution in [3.05, 3.63) is 53.9 Å². The minimum Gasteiger partial charge on any atom is -0.508 e.